The number of amides is 8. The fourth-order valence-electron chi connectivity index (χ4n) is 10.6. The van der Waals surface area contributed by atoms with Crippen LogP contribution in [0.25, 0.3) is 5.57 Å². The maximum absolute atomic E-state index is 14.4. The standard InChI is InChI=1S/C58H66N24O22S6/c59-43(83)24-79(25-44(60)84)105(91,92)38-14-4-10-34(20-38)67-51-71-52(68-35-11-5-15-39(21-35)106(93,94)80(26-45(61)85)27-46(62)86)74-55(73-51)77-57(19-18-42(33-8-2-1-3-9-33)58(32-57,109(99,100)101)110(102,103)104)78-56-75-53(69-36-12-6-16-40(22-36)107(95,96)81(28-47(63)87)29-48(64)88)72-54(76-56)70-37-13-7-17-41(23-37)108(97,98)82(30-49(65)89)31-50(66)90/h1-18,20-23H,19,24-32H2,(H2,59,83)(H2,60,84)(H2,61,85)(H2,62,86)(H2,63,87)(H2,64,88)(H2,65,89)(H2,66,90)(H,99,100,101)(H,102,103,104)(H3,67,68,71,73,74,77)(H3,69,70,72,75,76,78). The van der Waals surface area contributed by atoms with E-state index < -0.39 is 243 Å². The second kappa shape index (κ2) is 33.2. The molecule has 0 saturated carbocycles. The van der Waals surface area contributed by atoms with Crippen molar-refractivity contribution in [1.29, 1.82) is 0 Å². The van der Waals surface area contributed by atoms with Gasteiger partial charge in [-0.25, -0.2) is 33.7 Å². The topological polar surface area (TPSA) is 753 Å². The third-order valence-electron chi connectivity index (χ3n) is 15.1. The van der Waals surface area contributed by atoms with Gasteiger partial charge in [-0.1, -0.05) is 60.7 Å². The normalized spacial score (nSPS) is 13.9. The lowest BCUT2D eigenvalue weighted by molar-refractivity contribution is -0.121. The fourth-order valence-corrected chi connectivity index (χ4v) is 19.2. The molecule has 1 aliphatic rings. The van der Waals surface area contributed by atoms with E-state index in [4.69, 9.17) is 45.9 Å². The SMILES string of the molecule is NC(=O)CN(CC(N)=O)S(=O)(=O)c1cccc(Nc2nc(Nc3cccc(S(=O)(=O)N(CC(N)=O)CC(N)=O)c3)nc(NC3(Nc4nc(Nc5cccc(S(=O)(=O)N(CC(N)=O)CC(N)=O)c5)nc(Nc5cccc(S(=O)(=O)N(CC(N)=O)CC(N)=O)c5)n4)CC=C(c4ccccc4)C(S(=O)(=O)O)(S(=O)(=O)O)C3)n2)c1. The predicted octanol–water partition coefficient (Wildman–Crippen LogP) is -4.55. The molecular weight excluding hydrogens is 1580 g/mol. The number of primary amides is 8. The minimum atomic E-state index is -6.29. The van der Waals surface area contributed by atoms with Crippen LogP contribution in [0, 0.1) is 0 Å². The first-order chi connectivity index (χ1) is 51.2. The van der Waals surface area contributed by atoms with Crippen molar-refractivity contribution in [3.8, 4) is 0 Å². The van der Waals surface area contributed by atoms with Crippen molar-refractivity contribution < 1.29 is 98.0 Å². The zero-order valence-corrected chi connectivity index (χ0v) is 61.3. The summed E-state index contributed by atoms with van der Waals surface area (Å²) in [5.74, 6) is -14.2. The van der Waals surface area contributed by atoms with Crippen LogP contribution >= 0.6 is 0 Å². The summed E-state index contributed by atoms with van der Waals surface area (Å²) in [5.41, 5.74) is 37.6. The maximum Gasteiger partial charge on any atom is 0.292 e. The number of nitrogens with two attached hydrogens (primary N) is 8. The van der Waals surface area contributed by atoms with Crippen LogP contribution < -0.4 is 77.8 Å². The number of nitrogens with one attached hydrogen (secondary N) is 6. The summed E-state index contributed by atoms with van der Waals surface area (Å²) < 4.78 is 190. The number of rotatable bonds is 39. The van der Waals surface area contributed by atoms with Gasteiger partial charge in [-0.2, -0.15) is 64.0 Å². The first-order valence-corrected chi connectivity index (χ1v) is 39.4. The van der Waals surface area contributed by atoms with E-state index in [9.17, 15) is 98.0 Å². The molecule has 0 atom stereocenters. The molecule has 24 N–H and O–H groups in total. The maximum atomic E-state index is 14.4. The number of sulfonamides is 4. The van der Waals surface area contributed by atoms with E-state index in [-0.39, 0.29) is 28.3 Å². The van der Waals surface area contributed by atoms with Gasteiger partial charge in [0.2, 0.25) is 123 Å². The quantitative estimate of drug-likeness (QED) is 0.0127. The van der Waals surface area contributed by atoms with Gasteiger partial charge in [0.25, 0.3) is 24.3 Å². The van der Waals surface area contributed by atoms with Crippen molar-refractivity contribution in [2.75, 3.05) is 84.3 Å². The zero-order chi connectivity index (χ0) is 81.3. The number of hydrogen-bond donors (Lipinski definition) is 16. The lowest BCUT2D eigenvalue weighted by atomic mass is 9.85. The zero-order valence-electron chi connectivity index (χ0n) is 56.4. The summed E-state index contributed by atoms with van der Waals surface area (Å²) in [6.07, 6.45) is -1.56. The third-order valence-corrected chi connectivity index (χ3v) is 25.9. The van der Waals surface area contributed by atoms with E-state index in [0.29, 0.717) is 17.2 Å². The number of anilines is 10. The van der Waals surface area contributed by atoms with Gasteiger partial charge in [0.15, 0.2) is 0 Å². The van der Waals surface area contributed by atoms with Crippen LogP contribution in [0.2, 0.25) is 0 Å². The minimum absolute atomic E-state index is 0.242. The highest BCUT2D eigenvalue weighted by molar-refractivity contribution is 8.06. The largest absolute Gasteiger partial charge is 0.369 e. The summed E-state index contributed by atoms with van der Waals surface area (Å²) >= 11 is 0. The Morgan fingerprint density at radius 2 is 0.582 bits per heavy atom. The summed E-state index contributed by atoms with van der Waals surface area (Å²) in [7, 11) is -32.1. The van der Waals surface area contributed by atoms with Gasteiger partial charge >= 0.3 is 0 Å². The molecule has 8 rings (SSSR count). The van der Waals surface area contributed by atoms with Crippen molar-refractivity contribution in [2.45, 2.75) is 42.2 Å². The average Bonchev–Trinajstić information content (AvgIpc) is 0.705. The molecule has 2 aromatic heterocycles. The minimum Gasteiger partial charge on any atom is -0.369 e. The summed E-state index contributed by atoms with van der Waals surface area (Å²) in [5, 5.41) is 16.3. The molecule has 0 aliphatic heterocycles. The molecule has 110 heavy (non-hydrogen) atoms. The van der Waals surface area contributed by atoms with Crippen LogP contribution in [-0.4, -0.2) is 216 Å². The van der Waals surface area contributed by atoms with Crippen molar-refractivity contribution in [3.63, 3.8) is 0 Å². The highest BCUT2D eigenvalue weighted by atomic mass is 32.3. The van der Waals surface area contributed by atoms with E-state index >= 15 is 0 Å². The van der Waals surface area contributed by atoms with Gasteiger partial charge in [-0.3, -0.25) is 47.5 Å². The number of hydrogen-bond acceptors (Lipinski definition) is 32. The molecule has 0 saturated heterocycles. The molecule has 7 aromatic rings. The Kier molecular flexibility index (Phi) is 25.2. The fraction of sp³-hybridized carbons (Fsp3) is 0.207. The van der Waals surface area contributed by atoms with E-state index in [1.807, 2.05) is 0 Å². The van der Waals surface area contributed by atoms with Crippen LogP contribution in [0.4, 0.5) is 58.4 Å². The van der Waals surface area contributed by atoms with Gasteiger partial charge in [0.1, 0.15) is 5.66 Å². The second-order valence-electron chi connectivity index (χ2n) is 23.4. The lowest BCUT2D eigenvalue weighted by Gasteiger charge is -2.45. The van der Waals surface area contributed by atoms with Crippen LogP contribution in [-0.2, 0) is 98.7 Å². The molecule has 0 spiro atoms. The highest BCUT2D eigenvalue weighted by Gasteiger charge is 2.64. The van der Waals surface area contributed by atoms with Crippen LogP contribution in [0.3, 0.4) is 0 Å². The van der Waals surface area contributed by atoms with Crippen molar-refractivity contribution in [1.82, 2.24) is 47.1 Å². The molecule has 0 fully saturated rings. The third kappa shape index (κ3) is 20.4. The molecule has 1 aliphatic carbocycles. The molecular formula is C58H66N24O22S6. The molecule has 52 heteroatoms. The molecule has 586 valence electrons. The smallest absolute Gasteiger partial charge is 0.292 e. The van der Waals surface area contributed by atoms with Crippen molar-refractivity contribution >= 4 is 172 Å². The highest BCUT2D eigenvalue weighted by Crippen LogP contribution is 2.50. The molecule has 0 bridgehead atoms. The first-order valence-electron chi connectivity index (χ1n) is 30.8. The van der Waals surface area contributed by atoms with Crippen molar-refractivity contribution in [2.24, 2.45) is 45.9 Å². The molecule has 0 radical (unpaired) electrons. The van der Waals surface area contributed by atoms with E-state index in [1.165, 1.54) is 54.6 Å². The Balaban J connectivity index is 1.39. The average molecular weight is 1640 g/mol. The van der Waals surface area contributed by atoms with Crippen molar-refractivity contribution in [3.05, 3.63) is 139 Å². The summed E-state index contributed by atoms with van der Waals surface area (Å²) in [4.78, 5) is 120. The van der Waals surface area contributed by atoms with Gasteiger partial charge in [-0.15, -0.1) is 0 Å². The van der Waals surface area contributed by atoms with Gasteiger partial charge in [0.05, 0.1) is 71.9 Å². The van der Waals surface area contributed by atoms with Gasteiger partial charge in [-0.05, 0) is 83.9 Å². The summed E-state index contributed by atoms with van der Waals surface area (Å²) in [6, 6.07) is 23.7. The molecule has 0 unspecified atom stereocenters. The Morgan fingerprint density at radius 1 is 0.345 bits per heavy atom. The number of carbonyl (C=O) groups excluding carboxylic acids is 8. The second-order valence-corrected chi connectivity index (χ2v) is 34.8. The lowest BCUT2D eigenvalue weighted by Crippen LogP contribution is -2.60. The van der Waals surface area contributed by atoms with E-state index in [2.05, 4.69) is 61.8 Å². The molecule has 46 nitrogen and oxygen atoms in total. The number of nitrogens with zero attached hydrogens (tertiary/aromatic N) is 10. The number of benzene rings is 5. The number of carbonyl (C=O) groups is 8. The van der Waals surface area contributed by atoms with Crippen LogP contribution in [0.15, 0.2) is 153 Å². The van der Waals surface area contributed by atoms with Gasteiger partial charge < -0.3 is 77.8 Å². The Morgan fingerprint density at radius 3 is 0.809 bits per heavy atom. The Bertz CT molecular complexity index is 4970. The first kappa shape index (κ1) is 83.5. The summed E-state index contributed by atoms with van der Waals surface area (Å²) in [6.45, 7) is -8.39. The van der Waals surface area contributed by atoms with Crippen LogP contribution in [0.5, 0.6) is 0 Å². The Hall–Kier alpha value is -12.1. The monoisotopic (exact) mass is 1640 g/mol. The Labute approximate surface area is 624 Å². The molecule has 8 amide bonds. The van der Waals surface area contributed by atoms with Gasteiger partial charge in [0, 0.05) is 35.6 Å². The number of aromatic nitrogens is 6. The predicted molar refractivity (Wildman–Crippen MR) is 387 cm³/mol. The van der Waals surface area contributed by atoms with E-state index in [1.54, 1.807) is 0 Å². The molecule has 5 aromatic carbocycles. The molecule has 2 heterocycles. The van der Waals surface area contributed by atoms with E-state index in [0.717, 1.165) is 78.9 Å². The van der Waals surface area contributed by atoms with Crippen LogP contribution in [0.1, 0.15) is 18.4 Å².